The Labute approximate surface area is 200 Å². The van der Waals surface area contributed by atoms with E-state index in [0.717, 1.165) is 36.8 Å². The molecule has 0 aromatic heterocycles. The van der Waals surface area contributed by atoms with Crippen molar-refractivity contribution in [1.29, 1.82) is 0 Å². The van der Waals surface area contributed by atoms with E-state index in [1.165, 1.54) is 39.1 Å². The number of hydrogen-bond acceptors (Lipinski definition) is 4. The Morgan fingerprint density at radius 2 is 1.77 bits per heavy atom. The maximum atomic E-state index is 6.08. The molecular weight excluding hydrogens is 489 g/mol. The van der Waals surface area contributed by atoms with Crippen LogP contribution < -0.4 is 15.4 Å². The average Bonchev–Trinajstić information content (AvgIpc) is 2.67. The molecule has 1 heterocycles. The molecule has 0 bridgehead atoms. The van der Waals surface area contributed by atoms with Crippen molar-refractivity contribution in [3.63, 3.8) is 0 Å². The standard InChI is InChI=1S/C23H41N5O.HI/c1-6-24-22(25-13-9-10-14-28-17-15-27(5)16-18-28)26-19-20-11-7-8-12-21(20)29-23(2,3)4;/h7-8,11-12H,6,9-10,13-19H2,1-5H3,(H2,24,25,26);1H. The molecule has 1 aliphatic rings. The number of likely N-dealkylation sites (N-methyl/N-ethyl adjacent to an activating group) is 1. The van der Waals surface area contributed by atoms with Gasteiger partial charge in [0.25, 0.3) is 0 Å². The van der Waals surface area contributed by atoms with Crippen molar-refractivity contribution in [3.05, 3.63) is 29.8 Å². The minimum atomic E-state index is -0.216. The van der Waals surface area contributed by atoms with E-state index in [-0.39, 0.29) is 29.6 Å². The van der Waals surface area contributed by atoms with Gasteiger partial charge in [-0.2, -0.15) is 0 Å². The van der Waals surface area contributed by atoms with E-state index in [1.807, 2.05) is 18.2 Å². The second-order valence-electron chi connectivity index (χ2n) is 8.80. The zero-order chi connectivity index (χ0) is 21.1. The molecule has 0 unspecified atom stereocenters. The molecule has 1 aromatic rings. The molecule has 0 aliphatic carbocycles. The molecule has 0 amide bonds. The number of hydrogen-bond donors (Lipinski definition) is 2. The Morgan fingerprint density at radius 1 is 1.07 bits per heavy atom. The fourth-order valence-corrected chi connectivity index (χ4v) is 3.31. The summed E-state index contributed by atoms with van der Waals surface area (Å²) in [5.41, 5.74) is 0.890. The van der Waals surface area contributed by atoms with Crippen LogP contribution in [0.25, 0.3) is 0 Å². The van der Waals surface area contributed by atoms with Gasteiger partial charge in [-0.15, -0.1) is 24.0 Å². The van der Waals surface area contributed by atoms with Gasteiger partial charge in [-0.25, -0.2) is 4.99 Å². The fraction of sp³-hybridized carbons (Fsp3) is 0.696. The smallest absolute Gasteiger partial charge is 0.191 e. The van der Waals surface area contributed by atoms with Crippen LogP contribution in [-0.2, 0) is 6.54 Å². The summed E-state index contributed by atoms with van der Waals surface area (Å²) < 4.78 is 6.08. The molecule has 6 nitrogen and oxygen atoms in total. The van der Waals surface area contributed by atoms with Gasteiger partial charge >= 0.3 is 0 Å². The molecule has 0 radical (unpaired) electrons. The Morgan fingerprint density at radius 3 is 2.43 bits per heavy atom. The molecular formula is C23H42IN5O. The lowest BCUT2D eigenvalue weighted by Crippen LogP contribution is -2.44. The second-order valence-corrected chi connectivity index (χ2v) is 8.80. The molecule has 0 saturated carbocycles. The van der Waals surface area contributed by atoms with E-state index < -0.39 is 0 Å². The van der Waals surface area contributed by atoms with E-state index in [4.69, 9.17) is 9.73 Å². The van der Waals surface area contributed by atoms with Crippen molar-refractivity contribution >= 4 is 29.9 Å². The number of aliphatic imine (C=N–C) groups is 1. The number of nitrogens with zero attached hydrogens (tertiary/aromatic N) is 3. The van der Waals surface area contributed by atoms with E-state index >= 15 is 0 Å². The maximum absolute atomic E-state index is 6.08. The van der Waals surface area contributed by atoms with Crippen LogP contribution in [0.15, 0.2) is 29.3 Å². The summed E-state index contributed by atoms with van der Waals surface area (Å²) in [6, 6.07) is 8.16. The molecule has 172 valence electrons. The van der Waals surface area contributed by atoms with Crippen LogP contribution in [0.1, 0.15) is 46.1 Å². The van der Waals surface area contributed by atoms with Gasteiger partial charge in [0.05, 0.1) is 6.54 Å². The first kappa shape index (κ1) is 27.0. The van der Waals surface area contributed by atoms with Gasteiger partial charge in [0.15, 0.2) is 5.96 Å². The molecule has 2 rings (SSSR count). The molecule has 7 heteroatoms. The Hall–Kier alpha value is -1.06. The predicted molar refractivity (Wildman–Crippen MR) is 138 cm³/mol. The van der Waals surface area contributed by atoms with Gasteiger partial charge in [0.1, 0.15) is 11.4 Å². The van der Waals surface area contributed by atoms with Crippen LogP contribution >= 0.6 is 24.0 Å². The predicted octanol–water partition coefficient (Wildman–Crippen LogP) is 3.56. The summed E-state index contributed by atoms with van der Waals surface area (Å²) >= 11 is 0. The van der Waals surface area contributed by atoms with E-state index in [9.17, 15) is 0 Å². The van der Waals surface area contributed by atoms with Gasteiger partial charge in [-0.3, -0.25) is 0 Å². The highest BCUT2D eigenvalue weighted by molar-refractivity contribution is 14.0. The quantitative estimate of drug-likeness (QED) is 0.221. The molecule has 1 fully saturated rings. The van der Waals surface area contributed by atoms with Crippen LogP contribution in [0, 0.1) is 0 Å². The lowest BCUT2D eigenvalue weighted by molar-refractivity contribution is 0.129. The van der Waals surface area contributed by atoms with Crippen molar-refractivity contribution in [2.75, 3.05) is 52.9 Å². The van der Waals surface area contributed by atoms with Gasteiger partial charge < -0.3 is 25.2 Å². The highest BCUT2D eigenvalue weighted by Crippen LogP contribution is 2.23. The summed E-state index contributed by atoms with van der Waals surface area (Å²) in [4.78, 5) is 9.75. The molecule has 1 saturated heterocycles. The number of unbranched alkanes of at least 4 members (excludes halogenated alkanes) is 1. The number of guanidine groups is 1. The fourth-order valence-electron chi connectivity index (χ4n) is 3.31. The highest BCUT2D eigenvalue weighted by atomic mass is 127. The summed E-state index contributed by atoms with van der Waals surface area (Å²) in [7, 11) is 2.20. The zero-order valence-electron chi connectivity index (χ0n) is 19.5. The molecule has 0 spiro atoms. The zero-order valence-corrected chi connectivity index (χ0v) is 21.9. The first-order valence-corrected chi connectivity index (χ1v) is 11.1. The van der Waals surface area contributed by atoms with Crippen molar-refractivity contribution in [2.45, 2.75) is 52.7 Å². The van der Waals surface area contributed by atoms with Crippen LogP contribution in [-0.4, -0.2) is 74.2 Å². The summed E-state index contributed by atoms with van der Waals surface area (Å²) in [6.45, 7) is 16.7. The largest absolute Gasteiger partial charge is 0.488 e. The minimum Gasteiger partial charge on any atom is -0.488 e. The normalized spacial score (nSPS) is 16.1. The second kappa shape index (κ2) is 14.1. The number of nitrogens with one attached hydrogen (secondary N) is 2. The summed E-state index contributed by atoms with van der Waals surface area (Å²) in [5.74, 6) is 1.78. The number of ether oxygens (including phenoxy) is 1. The first-order valence-electron chi connectivity index (χ1n) is 11.1. The van der Waals surface area contributed by atoms with Crippen molar-refractivity contribution in [2.24, 2.45) is 4.99 Å². The topological polar surface area (TPSA) is 52.1 Å². The third-order valence-corrected chi connectivity index (χ3v) is 4.93. The summed E-state index contributed by atoms with van der Waals surface area (Å²) in [5, 5.41) is 6.82. The first-order chi connectivity index (χ1) is 13.9. The molecule has 30 heavy (non-hydrogen) atoms. The number of benzene rings is 1. The Balaban J connectivity index is 0.00000450. The van der Waals surface area contributed by atoms with Gasteiger partial charge in [0, 0.05) is 44.8 Å². The lowest BCUT2D eigenvalue weighted by atomic mass is 10.1. The lowest BCUT2D eigenvalue weighted by Gasteiger charge is -2.32. The van der Waals surface area contributed by atoms with Crippen LogP contribution in [0.3, 0.4) is 0 Å². The van der Waals surface area contributed by atoms with E-state index in [0.29, 0.717) is 6.54 Å². The number of rotatable bonds is 9. The van der Waals surface area contributed by atoms with Crippen LogP contribution in [0.4, 0.5) is 0 Å². The van der Waals surface area contributed by atoms with Gasteiger partial charge in [0.2, 0.25) is 0 Å². The molecule has 2 N–H and O–H groups in total. The monoisotopic (exact) mass is 531 g/mol. The minimum absolute atomic E-state index is 0. The van der Waals surface area contributed by atoms with Gasteiger partial charge in [-0.05, 0) is 60.2 Å². The number of piperazine rings is 1. The highest BCUT2D eigenvalue weighted by Gasteiger charge is 2.14. The van der Waals surface area contributed by atoms with Crippen LogP contribution in [0.5, 0.6) is 5.75 Å². The third kappa shape index (κ3) is 10.8. The number of para-hydroxylation sites is 1. The molecule has 0 atom stereocenters. The van der Waals surface area contributed by atoms with E-state index in [2.05, 4.69) is 61.2 Å². The number of halogens is 1. The molecule has 1 aliphatic heterocycles. The van der Waals surface area contributed by atoms with E-state index in [1.54, 1.807) is 0 Å². The average molecular weight is 532 g/mol. The maximum Gasteiger partial charge on any atom is 0.191 e. The Kier molecular flexibility index (Phi) is 12.7. The third-order valence-electron chi connectivity index (χ3n) is 4.93. The van der Waals surface area contributed by atoms with Crippen LogP contribution in [0.2, 0.25) is 0 Å². The Bertz CT molecular complexity index is 624. The van der Waals surface area contributed by atoms with Gasteiger partial charge in [-0.1, -0.05) is 18.2 Å². The molecule has 1 aromatic carbocycles. The van der Waals surface area contributed by atoms with Crippen molar-refractivity contribution in [1.82, 2.24) is 20.4 Å². The SMILES string of the molecule is CCNC(=NCc1ccccc1OC(C)(C)C)NCCCCN1CCN(C)CC1.I. The van der Waals surface area contributed by atoms with Crippen molar-refractivity contribution < 1.29 is 4.74 Å². The summed E-state index contributed by atoms with van der Waals surface area (Å²) in [6.07, 6.45) is 2.37. The van der Waals surface area contributed by atoms with Crippen molar-refractivity contribution in [3.8, 4) is 5.75 Å².